The van der Waals surface area contributed by atoms with Crippen molar-refractivity contribution in [2.45, 2.75) is 31.6 Å². The highest BCUT2D eigenvalue weighted by molar-refractivity contribution is 6.33. The molecule has 196 valence electrons. The zero-order valence-corrected chi connectivity index (χ0v) is 21.4. The first kappa shape index (κ1) is 26.9. The minimum atomic E-state index is -0.597. The number of halogens is 1. The first-order chi connectivity index (χ1) is 18.4. The lowest BCUT2D eigenvalue weighted by Gasteiger charge is -2.10. The smallest absolute Gasteiger partial charge is 0.345 e. The second-order valence-electron chi connectivity index (χ2n) is 8.72. The van der Waals surface area contributed by atoms with E-state index in [1.807, 2.05) is 12.1 Å². The minimum absolute atomic E-state index is 0.109. The van der Waals surface area contributed by atoms with E-state index in [4.69, 9.17) is 30.5 Å². The lowest BCUT2D eigenvalue weighted by Crippen LogP contribution is -2.11. The molecular formula is C30H27ClO7. The van der Waals surface area contributed by atoms with Crippen molar-refractivity contribution in [1.82, 2.24) is 0 Å². The van der Waals surface area contributed by atoms with Gasteiger partial charge in [-0.25, -0.2) is 14.4 Å². The zero-order valence-electron chi connectivity index (χ0n) is 20.7. The summed E-state index contributed by atoms with van der Waals surface area (Å²) in [6.45, 7) is 4.08. The Morgan fingerprint density at radius 2 is 1.45 bits per heavy atom. The molecule has 7 nitrogen and oxygen atoms in total. The van der Waals surface area contributed by atoms with Crippen molar-refractivity contribution in [2.75, 3.05) is 13.2 Å². The molecule has 3 aromatic rings. The van der Waals surface area contributed by atoms with E-state index in [0.717, 1.165) is 6.08 Å². The van der Waals surface area contributed by atoms with Crippen LogP contribution in [0, 0.1) is 0 Å². The molecule has 0 atom stereocenters. The fraction of sp³-hybridized carbons (Fsp3) is 0.233. The summed E-state index contributed by atoms with van der Waals surface area (Å²) < 4.78 is 21.4. The molecule has 0 amide bonds. The Morgan fingerprint density at radius 1 is 0.816 bits per heavy atom. The monoisotopic (exact) mass is 534 g/mol. The number of carbonyl (C=O) groups excluding carboxylic acids is 3. The van der Waals surface area contributed by atoms with E-state index in [-0.39, 0.29) is 16.3 Å². The average molecular weight is 535 g/mol. The Labute approximate surface area is 225 Å². The van der Waals surface area contributed by atoms with E-state index in [1.54, 1.807) is 36.4 Å². The van der Waals surface area contributed by atoms with Gasteiger partial charge in [-0.2, -0.15) is 0 Å². The molecule has 0 saturated heterocycles. The Kier molecular flexibility index (Phi) is 9.16. The Bertz CT molecular complexity index is 1300. The number of hydrogen-bond donors (Lipinski definition) is 0. The predicted octanol–water partition coefficient (Wildman–Crippen LogP) is 6.54. The summed E-state index contributed by atoms with van der Waals surface area (Å²) in [5.41, 5.74) is 1.73. The van der Waals surface area contributed by atoms with Crippen LogP contribution in [0.2, 0.25) is 5.02 Å². The van der Waals surface area contributed by atoms with Crippen LogP contribution in [0.3, 0.4) is 0 Å². The first-order valence-electron chi connectivity index (χ1n) is 12.3. The molecule has 38 heavy (non-hydrogen) atoms. The number of benzene rings is 3. The number of hydrogen-bond acceptors (Lipinski definition) is 7. The van der Waals surface area contributed by atoms with E-state index < -0.39 is 17.9 Å². The quantitative estimate of drug-likeness (QED) is 0.113. The van der Waals surface area contributed by atoms with Gasteiger partial charge >= 0.3 is 17.9 Å². The average Bonchev–Trinajstić information content (AvgIpc) is 3.77. The van der Waals surface area contributed by atoms with Crippen LogP contribution >= 0.6 is 11.6 Å². The van der Waals surface area contributed by atoms with Crippen LogP contribution in [0.15, 0.2) is 79.4 Å². The van der Waals surface area contributed by atoms with E-state index in [9.17, 15) is 14.4 Å². The summed E-state index contributed by atoms with van der Waals surface area (Å²) in [4.78, 5) is 36.1. The molecule has 1 aliphatic rings. The number of rotatable bonds is 12. The maximum Gasteiger partial charge on any atom is 0.345 e. The van der Waals surface area contributed by atoms with Gasteiger partial charge in [-0.1, -0.05) is 30.3 Å². The molecule has 0 aliphatic heterocycles. The zero-order chi connectivity index (χ0) is 26.9. The van der Waals surface area contributed by atoms with Crippen molar-refractivity contribution in [3.63, 3.8) is 0 Å². The summed E-state index contributed by atoms with van der Waals surface area (Å²) in [5, 5.41) is 0.109. The van der Waals surface area contributed by atoms with Gasteiger partial charge in [-0.15, -0.1) is 0 Å². The minimum Gasteiger partial charge on any atom is -0.494 e. The molecule has 0 unspecified atom stereocenters. The second kappa shape index (κ2) is 12.9. The van der Waals surface area contributed by atoms with Crippen LogP contribution in [-0.2, 0) is 9.53 Å². The van der Waals surface area contributed by atoms with Crippen molar-refractivity contribution < 1.29 is 33.3 Å². The van der Waals surface area contributed by atoms with Gasteiger partial charge in [0.2, 0.25) is 0 Å². The SMILES string of the molecule is C=CC(=O)OCCCCOc1ccc(C(=O)Oc2ccc(C(=O)Oc3ccc(C4CC4)cc3)c(Cl)c2)cc1. The molecule has 0 radical (unpaired) electrons. The molecule has 0 spiro atoms. The van der Waals surface area contributed by atoms with Crippen molar-refractivity contribution >= 4 is 29.5 Å². The summed E-state index contributed by atoms with van der Waals surface area (Å²) >= 11 is 6.28. The Morgan fingerprint density at radius 3 is 2.11 bits per heavy atom. The molecule has 0 aromatic heterocycles. The molecule has 4 rings (SSSR count). The van der Waals surface area contributed by atoms with Crippen LogP contribution in [0.1, 0.15) is 57.9 Å². The lowest BCUT2D eigenvalue weighted by molar-refractivity contribution is -0.137. The molecule has 1 aliphatic carbocycles. The van der Waals surface area contributed by atoms with Gasteiger partial charge in [0.05, 0.1) is 29.4 Å². The standard InChI is InChI=1S/C30H27ClO7/c1-2-28(32)36-18-4-3-17-35-23-11-9-22(10-12-23)29(33)38-25-15-16-26(27(31)19-25)30(34)37-24-13-7-21(8-14-24)20-5-6-20/h2,7-16,19-20H,1,3-6,17-18H2. The highest BCUT2D eigenvalue weighted by Gasteiger charge is 2.23. The molecule has 3 aromatic carbocycles. The van der Waals surface area contributed by atoms with Gasteiger partial charge in [0.1, 0.15) is 17.2 Å². The molecule has 1 saturated carbocycles. The summed E-state index contributed by atoms with van der Waals surface area (Å²) in [6, 6.07) is 18.3. The van der Waals surface area contributed by atoms with Crippen molar-refractivity contribution in [1.29, 1.82) is 0 Å². The van der Waals surface area contributed by atoms with E-state index in [0.29, 0.717) is 49.0 Å². The van der Waals surface area contributed by atoms with E-state index in [2.05, 4.69) is 6.58 Å². The lowest BCUT2D eigenvalue weighted by atomic mass is 10.1. The van der Waals surface area contributed by atoms with Gasteiger partial charge in [0.25, 0.3) is 0 Å². The largest absolute Gasteiger partial charge is 0.494 e. The van der Waals surface area contributed by atoms with Gasteiger partial charge in [-0.3, -0.25) is 0 Å². The van der Waals surface area contributed by atoms with Crippen LogP contribution < -0.4 is 14.2 Å². The van der Waals surface area contributed by atoms with Gasteiger partial charge < -0.3 is 18.9 Å². The van der Waals surface area contributed by atoms with Crippen LogP contribution in [0.4, 0.5) is 0 Å². The highest BCUT2D eigenvalue weighted by atomic mass is 35.5. The third kappa shape index (κ3) is 7.70. The van der Waals surface area contributed by atoms with Gasteiger partial charge in [0, 0.05) is 12.1 Å². The summed E-state index contributed by atoms with van der Waals surface area (Å²) in [5.74, 6) is 0.226. The highest BCUT2D eigenvalue weighted by Crippen LogP contribution is 2.40. The summed E-state index contributed by atoms with van der Waals surface area (Å²) in [7, 11) is 0. The van der Waals surface area contributed by atoms with E-state index >= 15 is 0 Å². The Balaban J connectivity index is 1.24. The van der Waals surface area contributed by atoms with Crippen molar-refractivity contribution in [2.24, 2.45) is 0 Å². The van der Waals surface area contributed by atoms with Crippen molar-refractivity contribution in [3.05, 3.63) is 101 Å². The molecule has 8 heteroatoms. The molecule has 1 fully saturated rings. The molecule has 0 bridgehead atoms. The summed E-state index contributed by atoms with van der Waals surface area (Å²) in [6.07, 6.45) is 4.88. The number of unbranched alkanes of at least 4 members (excludes halogenated alkanes) is 1. The molecule has 0 heterocycles. The van der Waals surface area contributed by atoms with Crippen LogP contribution in [0.25, 0.3) is 0 Å². The van der Waals surface area contributed by atoms with Crippen LogP contribution in [0.5, 0.6) is 17.2 Å². The second-order valence-corrected chi connectivity index (χ2v) is 9.12. The van der Waals surface area contributed by atoms with Crippen molar-refractivity contribution in [3.8, 4) is 17.2 Å². The maximum absolute atomic E-state index is 12.6. The number of carbonyl (C=O) groups is 3. The third-order valence-electron chi connectivity index (χ3n) is 5.82. The fourth-order valence-electron chi connectivity index (χ4n) is 3.59. The maximum atomic E-state index is 12.6. The predicted molar refractivity (Wildman–Crippen MR) is 142 cm³/mol. The number of esters is 3. The molecular weight excluding hydrogens is 508 g/mol. The molecule has 0 N–H and O–H groups in total. The number of ether oxygens (including phenoxy) is 4. The van der Waals surface area contributed by atoms with Gasteiger partial charge in [0.15, 0.2) is 0 Å². The van der Waals surface area contributed by atoms with Gasteiger partial charge in [-0.05, 0) is 85.7 Å². The fourth-order valence-corrected chi connectivity index (χ4v) is 3.84. The van der Waals surface area contributed by atoms with Crippen LogP contribution in [-0.4, -0.2) is 31.1 Å². The van der Waals surface area contributed by atoms with E-state index in [1.165, 1.54) is 36.6 Å². The first-order valence-corrected chi connectivity index (χ1v) is 12.7. The topological polar surface area (TPSA) is 88.1 Å². The normalized spacial score (nSPS) is 12.3. The Hall–Kier alpha value is -4.10. The third-order valence-corrected chi connectivity index (χ3v) is 6.13.